The normalized spacial score (nSPS) is 10.4. The number of aryl methyl sites for hydroxylation is 1. The number of rotatable bonds is 5. The van der Waals surface area contributed by atoms with Gasteiger partial charge in [-0.1, -0.05) is 0 Å². The zero-order valence-electron chi connectivity index (χ0n) is 12.5. The molecule has 0 saturated carbocycles. The predicted octanol–water partition coefficient (Wildman–Crippen LogP) is 2.07. The van der Waals surface area contributed by atoms with Gasteiger partial charge in [-0.05, 0) is 25.1 Å². The highest BCUT2D eigenvalue weighted by Crippen LogP contribution is 2.21. The molecule has 1 heterocycles. The van der Waals surface area contributed by atoms with Gasteiger partial charge >= 0.3 is 0 Å². The molecule has 0 aliphatic carbocycles. The van der Waals surface area contributed by atoms with Gasteiger partial charge in [0.2, 0.25) is 0 Å². The molecule has 5 nitrogen and oxygen atoms in total. The van der Waals surface area contributed by atoms with Crippen molar-refractivity contribution in [3.8, 4) is 0 Å². The summed E-state index contributed by atoms with van der Waals surface area (Å²) in [5, 5.41) is 5.99. The second-order valence-electron chi connectivity index (χ2n) is 5.03. The van der Waals surface area contributed by atoms with Gasteiger partial charge in [0.05, 0.1) is 16.3 Å². The molecule has 0 radical (unpaired) electrons. The van der Waals surface area contributed by atoms with Crippen molar-refractivity contribution in [2.75, 3.05) is 31.3 Å². The average Bonchev–Trinajstić information content (AvgIpc) is 2.84. The van der Waals surface area contributed by atoms with E-state index in [4.69, 9.17) is 5.73 Å². The van der Waals surface area contributed by atoms with E-state index in [1.807, 2.05) is 37.4 Å². The van der Waals surface area contributed by atoms with Gasteiger partial charge in [0.1, 0.15) is 0 Å². The third-order valence-corrected chi connectivity index (χ3v) is 3.90. The van der Waals surface area contributed by atoms with Crippen LogP contribution in [0.3, 0.4) is 0 Å². The number of carbonyl (C=O) groups is 1. The third kappa shape index (κ3) is 3.95. The lowest BCUT2D eigenvalue weighted by Crippen LogP contribution is -2.27. The van der Waals surface area contributed by atoms with Crippen LogP contribution in [0.2, 0.25) is 0 Å². The number of hydrogen-bond donors (Lipinski definition) is 2. The third-order valence-electron chi connectivity index (χ3n) is 3.08. The summed E-state index contributed by atoms with van der Waals surface area (Å²) >= 11 is 1.62. The van der Waals surface area contributed by atoms with E-state index in [2.05, 4.69) is 10.3 Å². The van der Waals surface area contributed by atoms with Crippen molar-refractivity contribution in [1.29, 1.82) is 0 Å². The Labute approximate surface area is 128 Å². The van der Waals surface area contributed by atoms with Crippen LogP contribution in [0.15, 0.2) is 23.6 Å². The highest BCUT2D eigenvalue weighted by atomic mass is 32.1. The molecule has 0 spiro atoms. The molecule has 1 amide bonds. The summed E-state index contributed by atoms with van der Waals surface area (Å²) in [4.78, 5) is 18.6. The van der Waals surface area contributed by atoms with E-state index in [-0.39, 0.29) is 5.91 Å². The maximum atomic E-state index is 12.3. The lowest BCUT2D eigenvalue weighted by atomic mass is 10.1. The number of amides is 1. The lowest BCUT2D eigenvalue weighted by molar-refractivity contribution is 0.0954. The molecule has 0 saturated heterocycles. The van der Waals surface area contributed by atoms with E-state index in [0.717, 1.165) is 22.8 Å². The first kappa shape index (κ1) is 15.3. The second kappa shape index (κ2) is 6.58. The van der Waals surface area contributed by atoms with E-state index < -0.39 is 0 Å². The Morgan fingerprint density at radius 2 is 2.19 bits per heavy atom. The monoisotopic (exact) mass is 304 g/mol. The largest absolute Gasteiger partial charge is 0.399 e. The van der Waals surface area contributed by atoms with Gasteiger partial charge in [-0.3, -0.25) is 4.79 Å². The number of aromatic nitrogens is 1. The fourth-order valence-corrected chi connectivity index (χ4v) is 2.69. The molecule has 0 bridgehead atoms. The van der Waals surface area contributed by atoms with Crippen LogP contribution in [0.5, 0.6) is 0 Å². The molecule has 0 aliphatic heterocycles. The maximum Gasteiger partial charge on any atom is 0.253 e. The number of hydrogen-bond acceptors (Lipinski definition) is 5. The van der Waals surface area contributed by atoms with Gasteiger partial charge in [-0.15, -0.1) is 11.3 Å². The minimum absolute atomic E-state index is 0.113. The van der Waals surface area contributed by atoms with Crippen molar-refractivity contribution in [1.82, 2.24) is 10.3 Å². The SMILES string of the molecule is Cc1nc(CCNC(=O)c2cc(N)ccc2N(C)C)cs1. The van der Waals surface area contributed by atoms with E-state index in [1.54, 1.807) is 23.5 Å². The summed E-state index contributed by atoms with van der Waals surface area (Å²) < 4.78 is 0. The Kier molecular flexibility index (Phi) is 4.80. The van der Waals surface area contributed by atoms with E-state index in [0.29, 0.717) is 17.8 Å². The maximum absolute atomic E-state index is 12.3. The van der Waals surface area contributed by atoms with Gasteiger partial charge in [-0.25, -0.2) is 4.98 Å². The number of thiazole rings is 1. The number of anilines is 2. The molecule has 21 heavy (non-hydrogen) atoms. The number of nitrogens with one attached hydrogen (secondary N) is 1. The molecule has 1 aromatic carbocycles. The second-order valence-corrected chi connectivity index (χ2v) is 6.10. The first-order valence-corrected chi connectivity index (χ1v) is 7.61. The molecule has 0 aliphatic rings. The summed E-state index contributed by atoms with van der Waals surface area (Å²) in [5.74, 6) is -0.113. The number of benzene rings is 1. The molecule has 0 unspecified atom stereocenters. The Bertz CT molecular complexity index is 636. The van der Waals surface area contributed by atoms with Crippen molar-refractivity contribution in [2.24, 2.45) is 0 Å². The standard InChI is InChI=1S/C15H20N4OS/c1-10-18-12(9-21-10)6-7-17-15(20)13-8-11(16)4-5-14(13)19(2)3/h4-5,8-9H,6-7,16H2,1-3H3,(H,17,20). The molecule has 2 aromatic rings. The fraction of sp³-hybridized carbons (Fsp3) is 0.333. The van der Waals surface area contributed by atoms with Crippen LogP contribution in [0.25, 0.3) is 0 Å². The smallest absolute Gasteiger partial charge is 0.253 e. The Hall–Kier alpha value is -2.08. The Balaban J connectivity index is 2.01. The highest BCUT2D eigenvalue weighted by Gasteiger charge is 2.13. The minimum Gasteiger partial charge on any atom is -0.399 e. The molecule has 1 aromatic heterocycles. The van der Waals surface area contributed by atoms with Gasteiger partial charge in [-0.2, -0.15) is 0 Å². The molecule has 0 atom stereocenters. The number of nitrogens with two attached hydrogens (primary N) is 1. The molecular formula is C15H20N4OS. The number of carbonyl (C=O) groups excluding carboxylic acids is 1. The first-order chi connectivity index (χ1) is 9.97. The molecule has 2 rings (SSSR count). The molecule has 6 heteroatoms. The van der Waals surface area contributed by atoms with E-state index >= 15 is 0 Å². The van der Waals surface area contributed by atoms with Gasteiger partial charge in [0.25, 0.3) is 5.91 Å². The van der Waals surface area contributed by atoms with Crippen LogP contribution in [0.4, 0.5) is 11.4 Å². The summed E-state index contributed by atoms with van der Waals surface area (Å²) in [6, 6.07) is 5.36. The first-order valence-electron chi connectivity index (χ1n) is 6.73. The topological polar surface area (TPSA) is 71.2 Å². The molecular weight excluding hydrogens is 284 g/mol. The predicted molar refractivity (Wildman–Crippen MR) is 88.1 cm³/mol. The average molecular weight is 304 g/mol. The van der Waals surface area contributed by atoms with E-state index in [1.165, 1.54) is 0 Å². The number of nitrogens with zero attached hydrogens (tertiary/aromatic N) is 2. The molecule has 112 valence electrons. The summed E-state index contributed by atoms with van der Waals surface area (Å²) in [5.41, 5.74) is 8.82. The van der Waals surface area contributed by atoms with Crippen LogP contribution in [-0.4, -0.2) is 31.5 Å². The van der Waals surface area contributed by atoms with Crippen LogP contribution >= 0.6 is 11.3 Å². The van der Waals surface area contributed by atoms with Gasteiger partial charge < -0.3 is 16.0 Å². The quantitative estimate of drug-likeness (QED) is 0.830. The summed E-state index contributed by atoms with van der Waals surface area (Å²) in [7, 11) is 3.81. The van der Waals surface area contributed by atoms with E-state index in [9.17, 15) is 4.79 Å². The number of nitrogen functional groups attached to an aromatic ring is 1. The van der Waals surface area contributed by atoms with Crippen LogP contribution in [-0.2, 0) is 6.42 Å². The minimum atomic E-state index is -0.113. The molecule has 0 fully saturated rings. The molecule has 3 N–H and O–H groups in total. The summed E-state index contributed by atoms with van der Waals surface area (Å²) in [6.45, 7) is 2.53. The Morgan fingerprint density at radius 3 is 2.81 bits per heavy atom. The Morgan fingerprint density at radius 1 is 1.43 bits per heavy atom. The lowest BCUT2D eigenvalue weighted by Gasteiger charge is -2.17. The van der Waals surface area contributed by atoms with Crippen molar-refractivity contribution in [3.05, 3.63) is 39.8 Å². The zero-order valence-corrected chi connectivity index (χ0v) is 13.3. The highest BCUT2D eigenvalue weighted by molar-refractivity contribution is 7.09. The van der Waals surface area contributed by atoms with Crippen molar-refractivity contribution >= 4 is 28.6 Å². The van der Waals surface area contributed by atoms with Crippen LogP contribution < -0.4 is 16.0 Å². The van der Waals surface area contributed by atoms with Crippen LogP contribution in [0, 0.1) is 6.92 Å². The van der Waals surface area contributed by atoms with Crippen molar-refractivity contribution in [2.45, 2.75) is 13.3 Å². The fourth-order valence-electron chi connectivity index (χ4n) is 2.05. The van der Waals surface area contributed by atoms with Gasteiger partial charge in [0.15, 0.2) is 0 Å². The van der Waals surface area contributed by atoms with Crippen molar-refractivity contribution in [3.63, 3.8) is 0 Å². The van der Waals surface area contributed by atoms with Crippen molar-refractivity contribution < 1.29 is 4.79 Å². The zero-order chi connectivity index (χ0) is 15.4. The van der Waals surface area contributed by atoms with Crippen LogP contribution in [0.1, 0.15) is 21.1 Å². The summed E-state index contributed by atoms with van der Waals surface area (Å²) in [6.07, 6.45) is 0.732. The van der Waals surface area contributed by atoms with Gasteiger partial charge in [0, 0.05) is 43.8 Å².